The van der Waals surface area contributed by atoms with Crippen molar-refractivity contribution in [1.82, 2.24) is 0 Å². The van der Waals surface area contributed by atoms with E-state index >= 15 is 0 Å². The zero-order valence-corrected chi connectivity index (χ0v) is 35.8. The predicted octanol–water partition coefficient (Wildman–Crippen LogP) is 10.2. The van der Waals surface area contributed by atoms with Gasteiger partial charge in [-0.3, -0.25) is 4.79 Å². The molecule has 8 heteroatoms. The molecule has 0 fully saturated rings. The Bertz CT molecular complexity index is 1170. The molecular formula is C39H70O5Si3. The minimum absolute atomic E-state index is 0.0722. The van der Waals surface area contributed by atoms with E-state index in [1.165, 1.54) is 7.11 Å². The number of ether oxygens (including phenoxy) is 1. The molecule has 268 valence electrons. The molecule has 0 unspecified atom stereocenters. The molecule has 0 rings (SSSR count). The number of methoxy groups -OCH3 is 1. The summed E-state index contributed by atoms with van der Waals surface area (Å²) in [5, 5.41) is -0.198. The molecule has 0 heterocycles. The molecule has 5 nitrogen and oxygen atoms in total. The summed E-state index contributed by atoms with van der Waals surface area (Å²) < 4.78 is 11.4. The topological polar surface area (TPSA) is 76.0 Å². The van der Waals surface area contributed by atoms with E-state index in [4.69, 9.17) is 9.16 Å². The summed E-state index contributed by atoms with van der Waals surface area (Å²) >= 11 is 0. The summed E-state index contributed by atoms with van der Waals surface area (Å²) in [5.74, 6) is 13.3. The van der Waals surface area contributed by atoms with E-state index in [1.54, 1.807) is 0 Å². The Morgan fingerprint density at radius 3 is 1.91 bits per heavy atom. The van der Waals surface area contributed by atoms with Crippen LogP contribution >= 0.6 is 0 Å². The number of hydrogen-bond acceptors (Lipinski definition) is 5. The largest absolute Gasteiger partial charge is 0.469 e. The molecule has 0 aromatic carbocycles. The lowest BCUT2D eigenvalue weighted by Crippen LogP contribution is -2.43. The van der Waals surface area contributed by atoms with Gasteiger partial charge in [-0.05, 0) is 111 Å². The van der Waals surface area contributed by atoms with Crippen LogP contribution in [0.25, 0.3) is 0 Å². The zero-order valence-electron chi connectivity index (χ0n) is 32.8. The van der Waals surface area contributed by atoms with Crippen molar-refractivity contribution in [2.75, 3.05) is 7.11 Å². The number of esters is 1. The fourth-order valence-electron chi connectivity index (χ4n) is 4.51. The van der Waals surface area contributed by atoms with Gasteiger partial charge < -0.3 is 18.8 Å². The van der Waals surface area contributed by atoms with Gasteiger partial charge in [-0.25, -0.2) is 0 Å². The Morgan fingerprint density at radius 1 is 0.830 bits per heavy atom. The molecule has 2 N–H and O–H groups in total. The third-order valence-electron chi connectivity index (χ3n) is 10.5. The van der Waals surface area contributed by atoms with Crippen LogP contribution in [0.2, 0.25) is 54.4 Å². The number of allylic oxidation sites excluding steroid dienone is 5. The van der Waals surface area contributed by atoms with E-state index in [1.807, 2.05) is 50.5 Å². The van der Waals surface area contributed by atoms with E-state index in [2.05, 4.69) is 104 Å². The molecule has 0 aromatic rings. The van der Waals surface area contributed by atoms with Gasteiger partial charge in [-0.15, -0.1) is 0 Å². The molecule has 0 aliphatic heterocycles. The molecule has 3 atom stereocenters. The average Bonchev–Trinajstić information content (AvgIpc) is 2.91. The van der Waals surface area contributed by atoms with Gasteiger partial charge in [0.05, 0.1) is 13.2 Å². The van der Waals surface area contributed by atoms with Crippen LogP contribution in [-0.4, -0.2) is 53.7 Å². The Balaban J connectivity index is 5.81. The summed E-state index contributed by atoms with van der Waals surface area (Å²) in [4.78, 5) is 33.4. The highest BCUT2D eigenvalue weighted by Crippen LogP contribution is 2.43. The summed E-state index contributed by atoms with van der Waals surface area (Å²) in [5.41, 5.74) is 0. The predicted molar refractivity (Wildman–Crippen MR) is 210 cm³/mol. The number of carbonyl (C=O) groups is 1. The first-order chi connectivity index (χ1) is 21.3. The SMILES string of the molecule is CC[C@H](/C=C/C#CC[C@H](/C=C/C=C/C#C[C@H](CCCC(=O)OC)CC(C)(C)[Si](C)(C)O)CC(C)(C)[Si](C)(C)O)O[Si](C)(C)C(C)(C)C. The molecule has 0 spiro atoms. The molecule has 0 aromatic heterocycles. The number of carbonyl (C=O) groups excluding carboxylic acids is 1. The quantitative estimate of drug-likeness (QED) is 0.0683. The van der Waals surface area contributed by atoms with Gasteiger partial charge in [0.1, 0.15) is 0 Å². The molecular weight excluding hydrogens is 633 g/mol. The van der Waals surface area contributed by atoms with Crippen LogP contribution in [0.5, 0.6) is 0 Å². The van der Waals surface area contributed by atoms with E-state index in [0.29, 0.717) is 19.3 Å². The normalized spacial score (nSPS) is 15.7. The van der Waals surface area contributed by atoms with Crippen molar-refractivity contribution in [2.45, 2.75) is 161 Å². The van der Waals surface area contributed by atoms with Gasteiger partial charge in [0.15, 0.2) is 25.0 Å². The van der Waals surface area contributed by atoms with Crippen LogP contribution < -0.4 is 0 Å². The van der Waals surface area contributed by atoms with Crippen molar-refractivity contribution in [3.05, 3.63) is 36.5 Å². The first-order valence-corrected chi connectivity index (χ1v) is 26.3. The van der Waals surface area contributed by atoms with Crippen molar-refractivity contribution in [1.29, 1.82) is 0 Å². The van der Waals surface area contributed by atoms with Crippen LogP contribution in [0.3, 0.4) is 0 Å². The molecule has 47 heavy (non-hydrogen) atoms. The monoisotopic (exact) mass is 702 g/mol. The van der Waals surface area contributed by atoms with Crippen LogP contribution in [0.1, 0.15) is 100 Å². The van der Waals surface area contributed by atoms with Crippen molar-refractivity contribution in [3.63, 3.8) is 0 Å². The second-order valence-electron chi connectivity index (χ2n) is 17.0. The fourth-order valence-corrected chi connectivity index (χ4v) is 7.37. The Kier molecular flexibility index (Phi) is 18.8. The molecule has 0 amide bonds. The molecule has 0 aliphatic carbocycles. The third-order valence-corrected chi connectivity index (χ3v) is 22.0. The zero-order chi connectivity index (χ0) is 36.7. The smallest absolute Gasteiger partial charge is 0.305 e. The van der Waals surface area contributed by atoms with E-state index in [0.717, 1.165) is 25.7 Å². The second-order valence-corrected chi connectivity index (χ2v) is 30.7. The molecule has 0 bridgehead atoms. The highest BCUT2D eigenvalue weighted by atomic mass is 28.4. The molecule has 0 aliphatic rings. The van der Waals surface area contributed by atoms with Crippen LogP contribution in [0.4, 0.5) is 0 Å². The molecule has 0 saturated carbocycles. The average molecular weight is 703 g/mol. The summed E-state index contributed by atoms with van der Waals surface area (Å²) in [6.45, 7) is 30.0. The van der Waals surface area contributed by atoms with Crippen molar-refractivity contribution in [2.24, 2.45) is 11.8 Å². The standard InChI is InChI=1S/C39H70O5Si3/c1-16-35(44-47(14,15)37(2,3)4)29-23-19-22-27-33(31-38(5,6)45(10,11)41)25-20-17-18-21-26-34(28-24-30-36(40)43-9)32-39(7,8)46(12,13)42/h17-18,20,23,25,29,33-35,41-42H,16,24,27-28,30-32H2,1-15H3/b18-17+,25-20+,29-23+/t33-,34+,35+/m0/s1. The maximum Gasteiger partial charge on any atom is 0.305 e. The van der Waals surface area contributed by atoms with Crippen LogP contribution in [0.15, 0.2) is 36.5 Å². The van der Waals surface area contributed by atoms with Crippen LogP contribution in [0, 0.1) is 35.5 Å². The fraction of sp³-hybridized carbons (Fsp3) is 0.718. The van der Waals surface area contributed by atoms with E-state index in [9.17, 15) is 14.4 Å². The lowest BCUT2D eigenvalue weighted by Gasteiger charge is -2.38. The maximum absolute atomic E-state index is 11.6. The molecule has 0 saturated heterocycles. The third kappa shape index (κ3) is 17.5. The van der Waals surface area contributed by atoms with Gasteiger partial charge in [-0.1, -0.05) is 97.3 Å². The highest BCUT2D eigenvalue weighted by molar-refractivity contribution is 6.74. The van der Waals surface area contributed by atoms with Gasteiger partial charge in [0.2, 0.25) is 0 Å². The van der Waals surface area contributed by atoms with Gasteiger partial charge >= 0.3 is 5.97 Å². The minimum atomic E-state index is -2.39. The summed E-state index contributed by atoms with van der Waals surface area (Å²) in [6.07, 6.45) is 17.3. The number of rotatable bonds is 17. The Labute approximate surface area is 293 Å². The van der Waals surface area contributed by atoms with Crippen molar-refractivity contribution in [3.8, 4) is 23.7 Å². The van der Waals surface area contributed by atoms with E-state index < -0.39 is 25.0 Å². The van der Waals surface area contributed by atoms with Gasteiger partial charge in [0, 0.05) is 18.8 Å². The van der Waals surface area contributed by atoms with Crippen molar-refractivity contribution < 1.29 is 23.5 Å². The van der Waals surface area contributed by atoms with Gasteiger partial charge in [-0.2, -0.15) is 0 Å². The van der Waals surface area contributed by atoms with Crippen LogP contribution in [-0.2, 0) is 14.0 Å². The van der Waals surface area contributed by atoms with Crippen molar-refractivity contribution >= 4 is 30.9 Å². The first-order valence-electron chi connectivity index (χ1n) is 17.5. The summed E-state index contributed by atoms with van der Waals surface area (Å²) in [6, 6.07) is 0. The number of hydrogen-bond donors (Lipinski definition) is 2. The lowest BCUT2D eigenvalue weighted by molar-refractivity contribution is -0.140. The first kappa shape index (κ1) is 45.3. The van der Waals surface area contributed by atoms with E-state index in [-0.39, 0.29) is 39.0 Å². The second kappa shape index (κ2) is 19.5. The van der Waals surface area contributed by atoms with Gasteiger partial charge in [0.25, 0.3) is 0 Å². The Morgan fingerprint density at radius 2 is 1.40 bits per heavy atom. The lowest BCUT2D eigenvalue weighted by atomic mass is 9.92. The summed E-state index contributed by atoms with van der Waals surface area (Å²) in [7, 11) is -5.20. The Hall–Kier alpha value is -1.66. The minimum Gasteiger partial charge on any atom is -0.469 e. The molecule has 0 radical (unpaired) electrons. The maximum atomic E-state index is 11.6. The highest BCUT2D eigenvalue weighted by Gasteiger charge is 2.40.